The van der Waals surface area contributed by atoms with Crippen LogP contribution in [0.4, 0.5) is 0 Å². The van der Waals surface area contributed by atoms with Crippen LogP contribution in [0.25, 0.3) is 0 Å². The van der Waals surface area contributed by atoms with Gasteiger partial charge in [0, 0.05) is 11.1 Å². The molecule has 0 bridgehead atoms. The molecule has 0 radical (unpaired) electrons. The number of ether oxygens (including phenoxy) is 1. The SMILES string of the molecule is O=C(O)C(=O)c1ccccc1C1=NCCO1. The van der Waals surface area contributed by atoms with Crippen molar-refractivity contribution < 1.29 is 19.4 Å². The number of aliphatic carboxylic acids is 1. The quantitative estimate of drug-likeness (QED) is 0.600. The first kappa shape index (κ1) is 10.4. The minimum absolute atomic E-state index is 0.107. The van der Waals surface area contributed by atoms with Gasteiger partial charge in [0.1, 0.15) is 6.61 Å². The molecule has 0 aromatic heterocycles. The van der Waals surface area contributed by atoms with Crippen LogP contribution >= 0.6 is 0 Å². The van der Waals surface area contributed by atoms with Gasteiger partial charge in [0.2, 0.25) is 5.90 Å². The molecule has 0 spiro atoms. The number of nitrogens with zero attached hydrogens (tertiary/aromatic N) is 1. The van der Waals surface area contributed by atoms with Crippen molar-refractivity contribution in [3.8, 4) is 0 Å². The minimum Gasteiger partial charge on any atom is -0.475 e. The van der Waals surface area contributed by atoms with Gasteiger partial charge in [-0.25, -0.2) is 9.79 Å². The predicted octanol–water partition coefficient (Wildman–Crippen LogP) is 0.731. The van der Waals surface area contributed by atoms with E-state index in [0.717, 1.165) is 0 Å². The highest BCUT2D eigenvalue weighted by Gasteiger charge is 2.22. The topological polar surface area (TPSA) is 76.0 Å². The highest BCUT2D eigenvalue weighted by molar-refractivity contribution is 6.41. The highest BCUT2D eigenvalue weighted by atomic mass is 16.5. The van der Waals surface area contributed by atoms with Gasteiger partial charge in [0.25, 0.3) is 5.78 Å². The van der Waals surface area contributed by atoms with Gasteiger partial charge in [-0.15, -0.1) is 0 Å². The Bertz CT molecular complexity index is 458. The number of benzene rings is 1. The normalized spacial score (nSPS) is 14.1. The zero-order valence-corrected chi connectivity index (χ0v) is 8.34. The largest absolute Gasteiger partial charge is 0.475 e. The van der Waals surface area contributed by atoms with E-state index in [-0.39, 0.29) is 5.56 Å². The van der Waals surface area contributed by atoms with Gasteiger partial charge in [-0.05, 0) is 12.1 Å². The van der Waals surface area contributed by atoms with Crippen LogP contribution in [0.15, 0.2) is 29.3 Å². The summed E-state index contributed by atoms with van der Waals surface area (Å²) >= 11 is 0. The van der Waals surface area contributed by atoms with Crippen LogP contribution in [-0.2, 0) is 9.53 Å². The Labute approximate surface area is 91.4 Å². The third kappa shape index (κ3) is 1.79. The third-order valence-electron chi connectivity index (χ3n) is 2.18. The number of carbonyl (C=O) groups excluding carboxylic acids is 1. The molecule has 5 nitrogen and oxygen atoms in total. The van der Waals surface area contributed by atoms with Gasteiger partial charge in [0.05, 0.1) is 6.54 Å². The number of Topliss-reactive ketones (excluding diaryl/α,β-unsaturated/α-hetero) is 1. The zero-order chi connectivity index (χ0) is 11.5. The lowest BCUT2D eigenvalue weighted by atomic mass is 10.0. The fourth-order valence-corrected chi connectivity index (χ4v) is 1.48. The van der Waals surface area contributed by atoms with Crippen molar-refractivity contribution in [1.29, 1.82) is 0 Å². The maximum atomic E-state index is 11.4. The first-order valence-electron chi connectivity index (χ1n) is 4.74. The number of ketones is 1. The Morgan fingerprint density at radius 3 is 2.69 bits per heavy atom. The third-order valence-corrected chi connectivity index (χ3v) is 2.18. The Kier molecular flexibility index (Phi) is 2.68. The highest BCUT2D eigenvalue weighted by Crippen LogP contribution is 2.14. The fourth-order valence-electron chi connectivity index (χ4n) is 1.48. The molecule has 0 atom stereocenters. The van der Waals surface area contributed by atoms with Gasteiger partial charge in [-0.3, -0.25) is 4.79 Å². The lowest BCUT2D eigenvalue weighted by Crippen LogP contribution is -2.17. The number of rotatable bonds is 3. The molecular formula is C11H9NO4. The van der Waals surface area contributed by atoms with Crippen molar-refractivity contribution >= 4 is 17.7 Å². The first-order chi connectivity index (χ1) is 7.70. The molecule has 0 amide bonds. The standard InChI is InChI=1S/C11H9NO4/c13-9(11(14)15)7-3-1-2-4-8(7)10-12-5-6-16-10/h1-4H,5-6H2,(H,14,15). The summed E-state index contributed by atoms with van der Waals surface area (Å²) in [5.41, 5.74) is 0.544. The Hall–Kier alpha value is -2.17. The van der Waals surface area contributed by atoms with E-state index in [2.05, 4.69) is 4.99 Å². The molecular weight excluding hydrogens is 210 g/mol. The molecule has 1 aromatic carbocycles. The zero-order valence-electron chi connectivity index (χ0n) is 8.34. The molecule has 82 valence electrons. The molecule has 2 rings (SSSR count). The minimum atomic E-state index is -1.48. The summed E-state index contributed by atoms with van der Waals surface area (Å²) in [6, 6.07) is 6.39. The smallest absolute Gasteiger partial charge is 0.377 e. The van der Waals surface area contributed by atoms with Gasteiger partial charge in [0.15, 0.2) is 0 Å². The van der Waals surface area contributed by atoms with Crippen molar-refractivity contribution in [3.63, 3.8) is 0 Å². The summed E-state index contributed by atoms with van der Waals surface area (Å²) in [7, 11) is 0. The lowest BCUT2D eigenvalue weighted by molar-refractivity contribution is -0.131. The number of aliphatic imine (C=N–C) groups is 1. The van der Waals surface area contributed by atoms with Crippen LogP contribution in [0.5, 0.6) is 0 Å². The molecule has 1 aliphatic heterocycles. The molecule has 0 unspecified atom stereocenters. The van der Waals surface area contributed by atoms with Crippen LogP contribution in [0.1, 0.15) is 15.9 Å². The van der Waals surface area contributed by atoms with Crippen molar-refractivity contribution in [2.75, 3.05) is 13.2 Å². The molecule has 1 aliphatic rings. The van der Waals surface area contributed by atoms with E-state index >= 15 is 0 Å². The summed E-state index contributed by atoms with van der Waals surface area (Å²) in [6.07, 6.45) is 0. The van der Waals surface area contributed by atoms with E-state index in [1.54, 1.807) is 18.2 Å². The molecule has 1 aromatic rings. The Morgan fingerprint density at radius 1 is 1.31 bits per heavy atom. The summed E-state index contributed by atoms with van der Waals surface area (Å²) in [5.74, 6) is -2.09. The maximum absolute atomic E-state index is 11.4. The monoisotopic (exact) mass is 219 g/mol. The van der Waals surface area contributed by atoms with E-state index in [1.165, 1.54) is 6.07 Å². The number of hydrogen-bond acceptors (Lipinski definition) is 4. The number of hydrogen-bond donors (Lipinski definition) is 1. The second-order valence-electron chi connectivity index (χ2n) is 3.22. The van der Waals surface area contributed by atoms with Crippen molar-refractivity contribution in [1.82, 2.24) is 0 Å². The molecule has 0 saturated heterocycles. The second-order valence-corrected chi connectivity index (χ2v) is 3.22. The van der Waals surface area contributed by atoms with E-state index in [9.17, 15) is 9.59 Å². The fraction of sp³-hybridized carbons (Fsp3) is 0.182. The summed E-state index contributed by atoms with van der Waals surface area (Å²) < 4.78 is 5.21. The van der Waals surface area contributed by atoms with Gasteiger partial charge >= 0.3 is 5.97 Å². The number of carboxylic acids is 1. The van der Waals surface area contributed by atoms with E-state index in [1.807, 2.05) is 0 Å². The Balaban J connectivity index is 2.45. The molecule has 0 fully saturated rings. The van der Waals surface area contributed by atoms with Gasteiger partial charge in [-0.1, -0.05) is 12.1 Å². The van der Waals surface area contributed by atoms with E-state index in [4.69, 9.17) is 9.84 Å². The molecule has 5 heteroatoms. The molecule has 1 N–H and O–H groups in total. The summed E-state index contributed by atoms with van der Waals surface area (Å²) in [4.78, 5) is 26.1. The van der Waals surface area contributed by atoms with Crippen LogP contribution < -0.4 is 0 Å². The van der Waals surface area contributed by atoms with Crippen LogP contribution in [0.3, 0.4) is 0 Å². The average molecular weight is 219 g/mol. The number of carboxylic acid groups (broad SMARTS) is 1. The molecule has 0 saturated carbocycles. The average Bonchev–Trinajstić information content (AvgIpc) is 2.81. The molecule has 0 aliphatic carbocycles. The second kappa shape index (κ2) is 4.14. The maximum Gasteiger partial charge on any atom is 0.377 e. The van der Waals surface area contributed by atoms with E-state index in [0.29, 0.717) is 24.6 Å². The lowest BCUT2D eigenvalue weighted by Gasteiger charge is -2.05. The first-order valence-corrected chi connectivity index (χ1v) is 4.74. The van der Waals surface area contributed by atoms with Gasteiger partial charge in [-0.2, -0.15) is 0 Å². The molecule has 1 heterocycles. The van der Waals surface area contributed by atoms with Crippen molar-refractivity contribution in [2.45, 2.75) is 0 Å². The van der Waals surface area contributed by atoms with Crippen LogP contribution in [0, 0.1) is 0 Å². The van der Waals surface area contributed by atoms with Crippen LogP contribution in [0.2, 0.25) is 0 Å². The summed E-state index contributed by atoms with van der Waals surface area (Å²) in [5, 5.41) is 8.67. The predicted molar refractivity (Wildman–Crippen MR) is 55.8 cm³/mol. The Morgan fingerprint density at radius 2 is 2.06 bits per heavy atom. The van der Waals surface area contributed by atoms with Crippen molar-refractivity contribution in [3.05, 3.63) is 35.4 Å². The molecule has 16 heavy (non-hydrogen) atoms. The van der Waals surface area contributed by atoms with Crippen LogP contribution in [-0.4, -0.2) is 35.9 Å². The van der Waals surface area contributed by atoms with E-state index < -0.39 is 11.8 Å². The number of carbonyl (C=O) groups is 2. The van der Waals surface area contributed by atoms with Crippen molar-refractivity contribution in [2.24, 2.45) is 4.99 Å². The summed E-state index contributed by atoms with van der Waals surface area (Å²) in [6.45, 7) is 0.996. The van der Waals surface area contributed by atoms with Gasteiger partial charge < -0.3 is 9.84 Å².